The Hall–Kier alpha value is -4.14. The van der Waals surface area contributed by atoms with Crippen LogP contribution in [0.15, 0.2) is 48.5 Å². The molecule has 5 nitrogen and oxygen atoms in total. The van der Waals surface area contributed by atoms with Gasteiger partial charge in [-0.3, -0.25) is 9.69 Å². The molecule has 1 aliphatic heterocycles. The van der Waals surface area contributed by atoms with Crippen molar-refractivity contribution in [2.45, 2.75) is 31.1 Å². The molecule has 0 saturated heterocycles. The highest BCUT2D eigenvalue weighted by Crippen LogP contribution is 2.42. The molecule has 1 aliphatic rings. The third-order valence-electron chi connectivity index (χ3n) is 5.80. The predicted molar refractivity (Wildman–Crippen MR) is 120 cm³/mol. The number of alkyl halides is 6. The Morgan fingerprint density at radius 3 is 2.38 bits per heavy atom. The first kappa shape index (κ1) is 25.9. The number of benzene rings is 2. The normalized spacial score (nSPS) is 16.0. The maximum Gasteiger partial charge on any atom is 0.416 e. The summed E-state index contributed by atoms with van der Waals surface area (Å²) in [4.78, 5) is 14.7. The summed E-state index contributed by atoms with van der Waals surface area (Å²) in [7, 11) is 0. The van der Waals surface area contributed by atoms with E-state index in [9.17, 15) is 35.5 Å². The zero-order valence-corrected chi connectivity index (χ0v) is 18.8. The molecule has 0 unspecified atom stereocenters. The van der Waals surface area contributed by atoms with E-state index in [1.807, 2.05) is 0 Å². The number of fused-ring (bicyclic) bond motifs is 1. The number of aryl methyl sites for hydroxylation is 1. The number of amides is 1. The minimum atomic E-state index is -5.15. The lowest BCUT2D eigenvalue weighted by atomic mass is 9.88. The molecular formula is C25H17F7N4O. The standard InChI is InChI=1S/C25H17F7N4O/c26-16-5-9-21-14(12-16)3-7-19(18-8-4-15(24(27,28)29)13-20(18)25(30,31)32)23(37)36(21)11-1-2-17-6-10-22(33)35-34-17/h4-6,8-10,12-13,19H,3,7,11H2,(H2,33,35)/t19-/m0/s1. The van der Waals surface area contributed by atoms with E-state index in [0.717, 1.165) is 17.0 Å². The first-order valence-electron chi connectivity index (χ1n) is 10.8. The second-order valence-electron chi connectivity index (χ2n) is 8.23. The van der Waals surface area contributed by atoms with Gasteiger partial charge in [0.2, 0.25) is 5.91 Å². The number of anilines is 2. The van der Waals surface area contributed by atoms with Gasteiger partial charge in [0.05, 0.1) is 23.6 Å². The molecule has 0 fully saturated rings. The third kappa shape index (κ3) is 5.66. The Balaban J connectivity index is 1.77. The number of rotatable bonds is 2. The minimum Gasteiger partial charge on any atom is -0.382 e. The maximum absolute atomic E-state index is 13.9. The molecule has 2 N–H and O–H groups in total. The number of hydrogen-bond donors (Lipinski definition) is 1. The van der Waals surface area contributed by atoms with Crippen molar-refractivity contribution in [3.63, 3.8) is 0 Å². The number of carbonyl (C=O) groups excluding carboxylic acids is 1. The Bertz CT molecular complexity index is 1390. The molecule has 4 rings (SSSR count). The highest BCUT2D eigenvalue weighted by atomic mass is 19.4. The van der Waals surface area contributed by atoms with Crippen LogP contribution in [0, 0.1) is 17.7 Å². The van der Waals surface area contributed by atoms with Crippen LogP contribution in [0.25, 0.3) is 0 Å². The van der Waals surface area contributed by atoms with E-state index >= 15 is 0 Å². The average Bonchev–Trinajstić information content (AvgIpc) is 2.95. The summed E-state index contributed by atoms with van der Waals surface area (Å²) in [6.07, 6.45) is -10.3. The van der Waals surface area contributed by atoms with Crippen molar-refractivity contribution in [3.05, 3.63) is 82.3 Å². The third-order valence-corrected chi connectivity index (χ3v) is 5.80. The number of hydrogen-bond acceptors (Lipinski definition) is 4. The van der Waals surface area contributed by atoms with E-state index in [0.29, 0.717) is 17.7 Å². The SMILES string of the molecule is Nc1ccc(C#CCN2C(=O)[C@H](c3ccc(C(F)(F)F)cc3C(F)(F)F)CCc3cc(F)ccc32)nn1. The summed E-state index contributed by atoms with van der Waals surface area (Å²) in [5, 5.41) is 7.41. The van der Waals surface area contributed by atoms with Gasteiger partial charge in [0.15, 0.2) is 0 Å². The van der Waals surface area contributed by atoms with Crippen molar-refractivity contribution in [1.29, 1.82) is 0 Å². The van der Waals surface area contributed by atoms with Gasteiger partial charge in [-0.2, -0.15) is 26.3 Å². The number of halogens is 7. The smallest absolute Gasteiger partial charge is 0.382 e. The number of nitrogens with two attached hydrogens (primary N) is 1. The number of carbonyl (C=O) groups is 1. The van der Waals surface area contributed by atoms with E-state index in [1.54, 1.807) is 0 Å². The van der Waals surface area contributed by atoms with Gasteiger partial charge in [-0.25, -0.2) is 4.39 Å². The topological polar surface area (TPSA) is 72.1 Å². The van der Waals surface area contributed by atoms with Crippen molar-refractivity contribution in [1.82, 2.24) is 10.2 Å². The Morgan fingerprint density at radius 1 is 0.973 bits per heavy atom. The van der Waals surface area contributed by atoms with Gasteiger partial charge in [0, 0.05) is 5.69 Å². The molecule has 0 aliphatic carbocycles. The van der Waals surface area contributed by atoms with Gasteiger partial charge >= 0.3 is 12.4 Å². The molecule has 0 saturated carbocycles. The van der Waals surface area contributed by atoms with Gasteiger partial charge in [0.25, 0.3) is 0 Å². The van der Waals surface area contributed by atoms with Crippen molar-refractivity contribution >= 4 is 17.4 Å². The summed E-state index contributed by atoms with van der Waals surface area (Å²) in [6.45, 7) is -0.304. The molecule has 2 heterocycles. The van der Waals surface area contributed by atoms with Gasteiger partial charge in [-0.15, -0.1) is 10.2 Å². The lowest BCUT2D eigenvalue weighted by Gasteiger charge is -2.26. The van der Waals surface area contributed by atoms with Crippen LogP contribution in [-0.2, 0) is 23.6 Å². The molecular weight excluding hydrogens is 505 g/mol. The molecule has 0 bridgehead atoms. The second kappa shape index (κ2) is 9.72. The van der Waals surface area contributed by atoms with E-state index in [1.165, 1.54) is 18.2 Å². The summed E-state index contributed by atoms with van der Waals surface area (Å²) >= 11 is 0. The molecule has 3 aromatic rings. The summed E-state index contributed by atoms with van der Waals surface area (Å²) in [6, 6.07) is 7.69. The molecule has 192 valence electrons. The first-order chi connectivity index (χ1) is 17.3. The van der Waals surface area contributed by atoms with Crippen LogP contribution in [-0.4, -0.2) is 22.6 Å². The van der Waals surface area contributed by atoms with Crippen LogP contribution in [0.1, 0.15) is 40.3 Å². The summed E-state index contributed by atoms with van der Waals surface area (Å²) < 4.78 is 94.9. The van der Waals surface area contributed by atoms with Crippen molar-refractivity contribution in [2.75, 3.05) is 17.2 Å². The molecule has 1 atom stereocenters. The van der Waals surface area contributed by atoms with Gasteiger partial charge < -0.3 is 5.73 Å². The molecule has 2 aromatic carbocycles. The molecule has 0 spiro atoms. The van der Waals surface area contributed by atoms with Crippen LogP contribution in [0.4, 0.5) is 42.2 Å². The van der Waals surface area contributed by atoms with Gasteiger partial charge in [-0.05, 0) is 72.4 Å². The fourth-order valence-electron chi connectivity index (χ4n) is 4.10. The average molecular weight is 522 g/mol. The maximum atomic E-state index is 13.9. The number of aromatic nitrogens is 2. The van der Waals surface area contributed by atoms with Crippen LogP contribution < -0.4 is 10.6 Å². The van der Waals surface area contributed by atoms with Crippen molar-refractivity contribution in [2.24, 2.45) is 0 Å². The number of nitrogens with zero attached hydrogens (tertiary/aromatic N) is 3. The lowest BCUT2D eigenvalue weighted by molar-refractivity contribution is -0.143. The highest BCUT2D eigenvalue weighted by molar-refractivity contribution is 6.00. The second-order valence-corrected chi connectivity index (χ2v) is 8.23. The predicted octanol–water partition coefficient (Wildman–Crippen LogP) is 5.35. The fourth-order valence-corrected chi connectivity index (χ4v) is 4.10. The Labute approximate surface area is 206 Å². The van der Waals surface area contributed by atoms with Crippen LogP contribution in [0.2, 0.25) is 0 Å². The largest absolute Gasteiger partial charge is 0.416 e. The molecule has 1 amide bonds. The van der Waals surface area contributed by atoms with E-state index in [4.69, 9.17) is 5.73 Å². The van der Waals surface area contributed by atoms with E-state index in [-0.39, 0.29) is 42.7 Å². The van der Waals surface area contributed by atoms with E-state index < -0.39 is 46.7 Å². The quantitative estimate of drug-likeness (QED) is 0.364. The molecule has 1 aromatic heterocycles. The minimum absolute atomic E-state index is 0.00420. The Morgan fingerprint density at radius 2 is 1.73 bits per heavy atom. The summed E-state index contributed by atoms with van der Waals surface area (Å²) in [5.74, 6) is 2.64. The van der Waals surface area contributed by atoms with Crippen LogP contribution in [0.5, 0.6) is 0 Å². The fraction of sp³-hybridized carbons (Fsp3) is 0.240. The highest BCUT2D eigenvalue weighted by Gasteiger charge is 2.42. The van der Waals surface area contributed by atoms with Crippen LogP contribution >= 0.6 is 0 Å². The van der Waals surface area contributed by atoms with Crippen molar-refractivity contribution < 1.29 is 35.5 Å². The van der Waals surface area contributed by atoms with E-state index in [2.05, 4.69) is 22.0 Å². The zero-order valence-electron chi connectivity index (χ0n) is 18.8. The molecule has 0 radical (unpaired) electrons. The summed E-state index contributed by atoms with van der Waals surface area (Å²) in [5.41, 5.74) is 2.65. The first-order valence-corrected chi connectivity index (χ1v) is 10.8. The molecule has 12 heteroatoms. The van der Waals surface area contributed by atoms with Gasteiger partial charge in [0.1, 0.15) is 17.3 Å². The monoisotopic (exact) mass is 522 g/mol. The van der Waals surface area contributed by atoms with Gasteiger partial charge in [-0.1, -0.05) is 12.0 Å². The lowest BCUT2D eigenvalue weighted by Crippen LogP contribution is -2.35. The van der Waals surface area contributed by atoms with Crippen molar-refractivity contribution in [3.8, 4) is 11.8 Å². The number of nitrogen functional groups attached to an aromatic ring is 1. The zero-order chi connectivity index (χ0) is 27.0. The Kier molecular flexibility index (Phi) is 6.82. The molecule has 37 heavy (non-hydrogen) atoms. The van der Waals surface area contributed by atoms with Crippen LogP contribution in [0.3, 0.4) is 0 Å².